The molecule has 0 N–H and O–H groups in total. The van der Waals surface area contributed by atoms with Crippen LogP contribution in [0.3, 0.4) is 0 Å². The summed E-state index contributed by atoms with van der Waals surface area (Å²) >= 11 is 0. The van der Waals surface area contributed by atoms with Crippen LogP contribution < -0.4 is 4.90 Å². The second kappa shape index (κ2) is 6.63. The molecule has 3 heterocycles. The van der Waals surface area contributed by atoms with Crippen LogP contribution in [0, 0.1) is 0 Å². The summed E-state index contributed by atoms with van der Waals surface area (Å²) in [5.41, 5.74) is 1.95. The van der Waals surface area contributed by atoms with Crippen LogP contribution in [0.5, 0.6) is 0 Å². The molecular weight excluding hydrogens is 302 g/mol. The molecule has 0 atom stereocenters. The van der Waals surface area contributed by atoms with Gasteiger partial charge in [-0.15, -0.1) is 10.2 Å². The summed E-state index contributed by atoms with van der Waals surface area (Å²) in [6.45, 7) is 3.69. The SMILES string of the molecule is O=C(c1ccccc1N1CCCC1)N1CCC(n2cnnc2)CC1. The summed E-state index contributed by atoms with van der Waals surface area (Å²) in [5.74, 6) is 0.166. The highest BCUT2D eigenvalue weighted by molar-refractivity contribution is 6.00. The highest BCUT2D eigenvalue weighted by Gasteiger charge is 2.27. The molecule has 1 amide bonds. The van der Waals surface area contributed by atoms with Gasteiger partial charge in [-0.1, -0.05) is 12.1 Å². The zero-order valence-corrected chi connectivity index (χ0v) is 13.8. The van der Waals surface area contributed by atoms with Crippen molar-refractivity contribution < 1.29 is 4.79 Å². The molecule has 0 aliphatic carbocycles. The van der Waals surface area contributed by atoms with Gasteiger partial charge in [-0.25, -0.2) is 0 Å². The van der Waals surface area contributed by atoms with Gasteiger partial charge < -0.3 is 14.4 Å². The fourth-order valence-corrected chi connectivity index (χ4v) is 3.82. The van der Waals surface area contributed by atoms with E-state index in [1.54, 1.807) is 12.7 Å². The monoisotopic (exact) mass is 325 g/mol. The lowest BCUT2D eigenvalue weighted by molar-refractivity contribution is 0.0695. The molecule has 0 spiro atoms. The third-order valence-corrected chi connectivity index (χ3v) is 5.19. The number of carbonyl (C=O) groups excluding carboxylic acids is 1. The molecule has 6 nitrogen and oxygen atoms in total. The van der Waals surface area contributed by atoms with Crippen molar-refractivity contribution in [2.75, 3.05) is 31.1 Å². The molecule has 0 saturated carbocycles. The quantitative estimate of drug-likeness (QED) is 0.869. The van der Waals surface area contributed by atoms with E-state index in [0.717, 1.165) is 50.3 Å². The van der Waals surface area contributed by atoms with Crippen LogP contribution in [-0.2, 0) is 0 Å². The average molecular weight is 325 g/mol. The van der Waals surface area contributed by atoms with Gasteiger partial charge in [0.05, 0.1) is 5.56 Å². The number of likely N-dealkylation sites (tertiary alicyclic amines) is 1. The number of aromatic nitrogens is 3. The summed E-state index contributed by atoms with van der Waals surface area (Å²) in [6.07, 6.45) is 7.88. The Morgan fingerprint density at radius 2 is 1.62 bits per heavy atom. The van der Waals surface area contributed by atoms with Crippen LogP contribution >= 0.6 is 0 Å². The first kappa shape index (κ1) is 15.2. The lowest BCUT2D eigenvalue weighted by atomic mass is 10.0. The molecular formula is C18H23N5O. The average Bonchev–Trinajstić information content (AvgIpc) is 3.35. The number of amides is 1. The van der Waals surface area contributed by atoms with E-state index >= 15 is 0 Å². The number of para-hydroxylation sites is 1. The zero-order chi connectivity index (χ0) is 16.4. The number of carbonyl (C=O) groups is 1. The third kappa shape index (κ3) is 2.88. The fourth-order valence-electron chi connectivity index (χ4n) is 3.82. The van der Waals surface area contributed by atoms with Crippen molar-refractivity contribution in [2.45, 2.75) is 31.7 Å². The maximum Gasteiger partial charge on any atom is 0.255 e. The van der Waals surface area contributed by atoms with E-state index in [4.69, 9.17) is 0 Å². The minimum Gasteiger partial charge on any atom is -0.371 e. The number of benzene rings is 1. The molecule has 2 saturated heterocycles. The number of anilines is 1. The smallest absolute Gasteiger partial charge is 0.255 e. The molecule has 2 fully saturated rings. The van der Waals surface area contributed by atoms with Gasteiger partial charge in [-0.05, 0) is 37.8 Å². The predicted molar refractivity (Wildman–Crippen MR) is 92.1 cm³/mol. The summed E-state index contributed by atoms with van der Waals surface area (Å²) in [6, 6.07) is 8.46. The Hall–Kier alpha value is -2.37. The standard InChI is InChI=1S/C18H23N5O/c24-18(16-5-1-2-6-17(16)21-9-3-4-10-21)22-11-7-15(8-12-22)23-13-19-20-14-23/h1-2,5-6,13-15H,3-4,7-12H2. The van der Waals surface area contributed by atoms with E-state index in [0.29, 0.717) is 6.04 Å². The molecule has 2 aliphatic rings. The van der Waals surface area contributed by atoms with Crippen LogP contribution in [-0.4, -0.2) is 51.8 Å². The van der Waals surface area contributed by atoms with Crippen molar-refractivity contribution >= 4 is 11.6 Å². The number of hydrogen-bond donors (Lipinski definition) is 0. The Labute approximate surface area is 142 Å². The van der Waals surface area contributed by atoms with Crippen molar-refractivity contribution in [1.82, 2.24) is 19.7 Å². The first-order valence-corrected chi connectivity index (χ1v) is 8.80. The Kier molecular flexibility index (Phi) is 4.19. The Bertz CT molecular complexity index is 685. The molecule has 2 aliphatic heterocycles. The highest BCUT2D eigenvalue weighted by atomic mass is 16.2. The number of piperidine rings is 1. The molecule has 1 aromatic carbocycles. The van der Waals surface area contributed by atoms with E-state index in [1.165, 1.54) is 12.8 Å². The maximum atomic E-state index is 13.0. The van der Waals surface area contributed by atoms with E-state index in [9.17, 15) is 4.79 Å². The Morgan fingerprint density at radius 3 is 2.33 bits per heavy atom. The Morgan fingerprint density at radius 1 is 0.958 bits per heavy atom. The molecule has 6 heteroatoms. The number of rotatable bonds is 3. The molecule has 0 unspecified atom stereocenters. The van der Waals surface area contributed by atoms with Crippen molar-refractivity contribution in [3.05, 3.63) is 42.5 Å². The highest BCUT2D eigenvalue weighted by Crippen LogP contribution is 2.28. The first-order valence-electron chi connectivity index (χ1n) is 8.80. The minimum absolute atomic E-state index is 0.166. The maximum absolute atomic E-state index is 13.0. The molecule has 1 aromatic heterocycles. The second-order valence-corrected chi connectivity index (χ2v) is 6.64. The van der Waals surface area contributed by atoms with Crippen LogP contribution in [0.25, 0.3) is 0 Å². The second-order valence-electron chi connectivity index (χ2n) is 6.64. The molecule has 126 valence electrons. The number of nitrogens with zero attached hydrogens (tertiary/aromatic N) is 5. The van der Waals surface area contributed by atoms with Crippen LogP contribution in [0.2, 0.25) is 0 Å². The van der Waals surface area contributed by atoms with Gasteiger partial charge in [-0.3, -0.25) is 4.79 Å². The van der Waals surface area contributed by atoms with Crippen LogP contribution in [0.1, 0.15) is 42.1 Å². The first-order chi connectivity index (χ1) is 11.8. The molecule has 2 aromatic rings. The van der Waals surface area contributed by atoms with E-state index in [1.807, 2.05) is 23.1 Å². The van der Waals surface area contributed by atoms with E-state index in [-0.39, 0.29) is 5.91 Å². The van der Waals surface area contributed by atoms with E-state index in [2.05, 4.69) is 25.7 Å². The van der Waals surface area contributed by atoms with Gasteiger partial charge in [0.25, 0.3) is 5.91 Å². The largest absolute Gasteiger partial charge is 0.371 e. The van der Waals surface area contributed by atoms with Gasteiger partial charge in [0.2, 0.25) is 0 Å². The topological polar surface area (TPSA) is 54.3 Å². The minimum atomic E-state index is 0.166. The molecule has 24 heavy (non-hydrogen) atoms. The molecule has 0 radical (unpaired) electrons. The van der Waals surface area contributed by atoms with Crippen molar-refractivity contribution in [3.8, 4) is 0 Å². The zero-order valence-electron chi connectivity index (χ0n) is 13.8. The predicted octanol–water partition coefficient (Wildman–Crippen LogP) is 2.36. The number of hydrogen-bond acceptors (Lipinski definition) is 4. The van der Waals surface area contributed by atoms with E-state index < -0.39 is 0 Å². The van der Waals surface area contributed by atoms with Gasteiger partial charge in [0.15, 0.2) is 0 Å². The van der Waals surface area contributed by atoms with Crippen molar-refractivity contribution in [3.63, 3.8) is 0 Å². The fraction of sp³-hybridized carbons (Fsp3) is 0.500. The normalized spacial score (nSPS) is 19.0. The van der Waals surface area contributed by atoms with Crippen molar-refractivity contribution in [1.29, 1.82) is 0 Å². The van der Waals surface area contributed by atoms with Crippen molar-refractivity contribution in [2.24, 2.45) is 0 Å². The summed E-state index contributed by atoms with van der Waals surface area (Å²) in [4.78, 5) is 17.4. The lowest BCUT2D eigenvalue weighted by Crippen LogP contribution is -2.39. The van der Waals surface area contributed by atoms with Gasteiger partial charge >= 0.3 is 0 Å². The summed E-state index contributed by atoms with van der Waals surface area (Å²) in [7, 11) is 0. The van der Waals surface area contributed by atoms with Gasteiger partial charge in [0, 0.05) is 37.9 Å². The van der Waals surface area contributed by atoms with Crippen LogP contribution in [0.4, 0.5) is 5.69 Å². The van der Waals surface area contributed by atoms with Gasteiger partial charge in [-0.2, -0.15) is 0 Å². The lowest BCUT2D eigenvalue weighted by Gasteiger charge is -2.33. The Balaban J connectivity index is 1.47. The molecule has 0 bridgehead atoms. The van der Waals surface area contributed by atoms with Crippen LogP contribution in [0.15, 0.2) is 36.9 Å². The molecule has 4 rings (SSSR count). The summed E-state index contributed by atoms with van der Waals surface area (Å²) < 4.78 is 2.06. The summed E-state index contributed by atoms with van der Waals surface area (Å²) in [5, 5.41) is 7.76. The third-order valence-electron chi connectivity index (χ3n) is 5.19. The van der Waals surface area contributed by atoms with Gasteiger partial charge in [0.1, 0.15) is 12.7 Å².